The van der Waals surface area contributed by atoms with E-state index in [0.717, 1.165) is 38.5 Å². The van der Waals surface area contributed by atoms with Crippen LogP contribution in [-0.4, -0.2) is 0 Å². The van der Waals surface area contributed by atoms with Crippen LogP contribution in [-0.2, 0) is 18.3 Å². The molecule has 0 spiro atoms. The molecule has 0 aliphatic heterocycles. The van der Waals surface area contributed by atoms with E-state index in [1.165, 1.54) is 44.5 Å². The molecular weight excluding hydrogens is 528 g/mol. The lowest BCUT2D eigenvalue weighted by Gasteiger charge is -2.37. The Bertz CT molecular complexity index is 1380. The molecule has 2 aromatic rings. The number of aryl methyl sites for hydroxylation is 2. The largest absolute Gasteiger partial charge is 0.0991 e. The Morgan fingerprint density at radius 3 is 1.66 bits per heavy atom. The van der Waals surface area contributed by atoms with Crippen LogP contribution in [0.25, 0.3) is 0 Å². The standard InChI is InChI=1S/C44H56/c1-10-12-14-16-18-22-37-24-20-26-39(32-37)44(40-27-21-25-38(33-40)23-19-17-15-13-11-2)41(30-35(5)34(3)4)28-29-42(44)31-36(6)43(7,8)9/h10-15,20-21,24-34H,1-2,16-19,22-23H2,3-9H3/b14-12-,15-13+,35-30+,36-31+. The van der Waals surface area contributed by atoms with Gasteiger partial charge >= 0.3 is 0 Å². The van der Waals surface area contributed by atoms with Gasteiger partial charge in [-0.2, -0.15) is 0 Å². The van der Waals surface area contributed by atoms with Gasteiger partial charge in [0.15, 0.2) is 0 Å². The van der Waals surface area contributed by atoms with E-state index in [9.17, 15) is 0 Å². The summed E-state index contributed by atoms with van der Waals surface area (Å²) in [6.07, 6.45) is 28.4. The fraction of sp³-hybridized carbons (Fsp3) is 0.364. The third-order valence-electron chi connectivity index (χ3n) is 9.09. The monoisotopic (exact) mass is 584 g/mol. The fourth-order valence-corrected chi connectivity index (χ4v) is 5.76. The van der Waals surface area contributed by atoms with E-state index >= 15 is 0 Å². The van der Waals surface area contributed by atoms with Crippen LogP contribution in [0.5, 0.6) is 0 Å². The minimum Gasteiger partial charge on any atom is -0.0991 e. The lowest BCUT2D eigenvalue weighted by atomic mass is 9.64. The van der Waals surface area contributed by atoms with Crippen molar-refractivity contribution in [3.63, 3.8) is 0 Å². The number of benzene rings is 2. The number of allylic oxidation sites excluding steroid dienone is 14. The zero-order chi connectivity index (χ0) is 32.2. The topological polar surface area (TPSA) is 0 Å². The van der Waals surface area contributed by atoms with Gasteiger partial charge in [0.25, 0.3) is 0 Å². The van der Waals surface area contributed by atoms with E-state index in [4.69, 9.17) is 0 Å². The average Bonchev–Trinajstić information content (AvgIpc) is 3.34. The normalized spacial score (nSPS) is 17.9. The maximum Gasteiger partial charge on any atom is 0.0701 e. The van der Waals surface area contributed by atoms with Crippen molar-refractivity contribution in [3.05, 3.63) is 167 Å². The molecule has 0 bridgehead atoms. The van der Waals surface area contributed by atoms with E-state index in [-0.39, 0.29) is 10.8 Å². The van der Waals surface area contributed by atoms with Gasteiger partial charge in [0.05, 0.1) is 5.41 Å². The molecule has 0 saturated carbocycles. The predicted molar refractivity (Wildman–Crippen MR) is 196 cm³/mol. The number of rotatable bonds is 15. The van der Waals surface area contributed by atoms with Gasteiger partial charge in [0, 0.05) is 0 Å². The van der Waals surface area contributed by atoms with Crippen LogP contribution in [0.2, 0.25) is 0 Å². The van der Waals surface area contributed by atoms with Crippen molar-refractivity contribution in [1.82, 2.24) is 0 Å². The predicted octanol–water partition coefficient (Wildman–Crippen LogP) is 12.6. The van der Waals surface area contributed by atoms with Crippen LogP contribution in [0.3, 0.4) is 0 Å². The highest BCUT2D eigenvalue weighted by atomic mass is 14.4. The summed E-state index contributed by atoms with van der Waals surface area (Å²) >= 11 is 0. The van der Waals surface area contributed by atoms with Gasteiger partial charge in [-0.25, -0.2) is 0 Å². The molecule has 44 heavy (non-hydrogen) atoms. The van der Waals surface area contributed by atoms with Crippen LogP contribution >= 0.6 is 0 Å². The van der Waals surface area contributed by atoms with Crippen LogP contribution in [0.1, 0.15) is 96.4 Å². The Hall–Kier alpha value is -3.64. The minimum absolute atomic E-state index is 0.0840. The van der Waals surface area contributed by atoms with Crippen molar-refractivity contribution < 1.29 is 0 Å². The van der Waals surface area contributed by atoms with Crippen molar-refractivity contribution in [3.8, 4) is 0 Å². The van der Waals surface area contributed by atoms with Crippen LogP contribution in [0.4, 0.5) is 0 Å². The maximum absolute atomic E-state index is 3.81. The van der Waals surface area contributed by atoms with Gasteiger partial charge in [0.1, 0.15) is 0 Å². The highest BCUT2D eigenvalue weighted by Crippen LogP contribution is 2.51. The summed E-state index contributed by atoms with van der Waals surface area (Å²) in [5, 5.41) is 0. The highest BCUT2D eigenvalue weighted by molar-refractivity contribution is 5.68. The second-order valence-electron chi connectivity index (χ2n) is 13.6. The Morgan fingerprint density at radius 2 is 1.23 bits per heavy atom. The molecule has 2 aromatic carbocycles. The molecular formula is C44H56. The molecule has 0 amide bonds. The second kappa shape index (κ2) is 16.4. The van der Waals surface area contributed by atoms with Crippen molar-refractivity contribution in [2.75, 3.05) is 0 Å². The molecule has 0 aromatic heterocycles. The molecule has 232 valence electrons. The highest BCUT2D eigenvalue weighted by Gasteiger charge is 2.43. The van der Waals surface area contributed by atoms with E-state index in [2.05, 4.69) is 147 Å². The summed E-state index contributed by atoms with van der Waals surface area (Å²) in [6.45, 7) is 23.7. The van der Waals surface area contributed by atoms with Gasteiger partial charge in [-0.05, 0) is 97.1 Å². The average molecular weight is 585 g/mol. The summed E-state index contributed by atoms with van der Waals surface area (Å²) in [5.74, 6) is 0.481. The molecule has 1 unspecified atom stereocenters. The lowest BCUT2D eigenvalue weighted by Crippen LogP contribution is -2.30. The number of unbranched alkanes of at least 4 members (excludes halogenated alkanes) is 2. The maximum atomic E-state index is 3.81. The van der Waals surface area contributed by atoms with Crippen molar-refractivity contribution in [1.29, 1.82) is 0 Å². The van der Waals surface area contributed by atoms with Crippen LogP contribution < -0.4 is 0 Å². The van der Waals surface area contributed by atoms with Crippen molar-refractivity contribution >= 4 is 0 Å². The van der Waals surface area contributed by atoms with Crippen molar-refractivity contribution in [2.45, 2.75) is 92.4 Å². The molecule has 0 nitrogen and oxygen atoms in total. The van der Waals surface area contributed by atoms with E-state index < -0.39 is 0 Å². The first-order valence-electron chi connectivity index (χ1n) is 16.6. The molecule has 3 rings (SSSR count). The summed E-state index contributed by atoms with van der Waals surface area (Å²) in [6, 6.07) is 18.8. The molecule has 0 fully saturated rings. The van der Waals surface area contributed by atoms with Gasteiger partial charge in [-0.1, -0.05) is 168 Å². The van der Waals surface area contributed by atoms with Crippen LogP contribution in [0, 0.1) is 11.3 Å². The Balaban J connectivity index is 2.25. The Morgan fingerprint density at radius 1 is 0.750 bits per heavy atom. The van der Waals surface area contributed by atoms with Gasteiger partial charge < -0.3 is 0 Å². The first-order chi connectivity index (χ1) is 21.0. The number of hydrogen-bond donors (Lipinski definition) is 0. The zero-order valence-electron chi connectivity index (χ0n) is 28.6. The molecule has 0 saturated heterocycles. The summed E-state index contributed by atoms with van der Waals surface area (Å²) in [7, 11) is 0. The minimum atomic E-state index is -0.389. The van der Waals surface area contributed by atoms with Crippen molar-refractivity contribution in [2.24, 2.45) is 11.3 Å². The second-order valence-corrected chi connectivity index (χ2v) is 13.6. The van der Waals surface area contributed by atoms with Crippen LogP contribution in [0.15, 0.2) is 145 Å². The molecule has 1 atom stereocenters. The third-order valence-corrected chi connectivity index (χ3v) is 9.09. The SMILES string of the molecule is C=C/C=C\CCCc1cccc(C2(c3cccc(CCC/C=C/C=C)c3)C(/C=C(\C)C(C)C)=CC=C2/C=C(\C)C(C)(C)C)c1. The van der Waals surface area contributed by atoms with E-state index in [1.54, 1.807) is 0 Å². The molecule has 1 aliphatic rings. The molecule has 0 N–H and O–H groups in total. The van der Waals surface area contributed by atoms with Gasteiger partial charge in [-0.3, -0.25) is 0 Å². The third kappa shape index (κ3) is 8.95. The first-order valence-corrected chi connectivity index (χ1v) is 16.6. The quantitative estimate of drug-likeness (QED) is 0.144. The van der Waals surface area contributed by atoms with E-state index in [0.29, 0.717) is 5.92 Å². The van der Waals surface area contributed by atoms with E-state index in [1.807, 2.05) is 24.3 Å². The van der Waals surface area contributed by atoms with Gasteiger partial charge in [-0.15, -0.1) is 0 Å². The Kier molecular flexibility index (Phi) is 13.0. The smallest absolute Gasteiger partial charge is 0.0701 e. The molecule has 0 radical (unpaired) electrons. The number of hydrogen-bond acceptors (Lipinski definition) is 0. The zero-order valence-corrected chi connectivity index (χ0v) is 28.6. The summed E-state index contributed by atoms with van der Waals surface area (Å²) < 4.78 is 0. The fourth-order valence-electron chi connectivity index (χ4n) is 5.76. The summed E-state index contributed by atoms with van der Waals surface area (Å²) in [4.78, 5) is 0. The molecule has 1 aliphatic carbocycles. The lowest BCUT2D eigenvalue weighted by molar-refractivity contribution is 0.502. The molecule has 0 heteroatoms. The van der Waals surface area contributed by atoms with Gasteiger partial charge in [0.2, 0.25) is 0 Å². The first kappa shape index (κ1) is 34.8. The Labute approximate surface area is 270 Å². The molecule has 0 heterocycles. The summed E-state index contributed by atoms with van der Waals surface area (Å²) in [5.41, 5.74) is 10.7.